The van der Waals surface area contributed by atoms with Gasteiger partial charge in [-0.3, -0.25) is 4.79 Å². The van der Waals surface area contributed by atoms with Crippen molar-refractivity contribution in [2.75, 3.05) is 0 Å². The molecule has 0 bridgehead atoms. The van der Waals surface area contributed by atoms with E-state index < -0.39 is 0 Å². The number of carbonyl (C=O) groups excluding carboxylic acids is 2. The first-order chi connectivity index (χ1) is 6.24. The fourth-order valence-electron chi connectivity index (χ4n) is 1.50. The van der Waals surface area contributed by atoms with Crippen molar-refractivity contribution in [3.8, 4) is 0 Å². The van der Waals surface area contributed by atoms with E-state index in [9.17, 15) is 9.59 Å². The molecule has 0 aromatic heterocycles. The van der Waals surface area contributed by atoms with E-state index in [-0.39, 0.29) is 5.97 Å². The zero-order chi connectivity index (χ0) is 9.42. The molecule has 2 rings (SSSR count). The van der Waals surface area contributed by atoms with Crippen molar-refractivity contribution in [3.05, 3.63) is 34.4 Å². The Balaban J connectivity index is 2.66. The number of benzene rings is 1. The predicted octanol–water partition coefficient (Wildman–Crippen LogP) is 1.48. The van der Waals surface area contributed by atoms with Crippen LogP contribution in [0, 0.1) is 6.92 Å². The van der Waals surface area contributed by atoms with Gasteiger partial charge in [-0.05, 0) is 18.6 Å². The van der Waals surface area contributed by atoms with Gasteiger partial charge in [0.05, 0.1) is 5.56 Å². The summed E-state index contributed by atoms with van der Waals surface area (Å²) in [6.45, 7) is 2.12. The van der Waals surface area contributed by atoms with E-state index >= 15 is 0 Å². The van der Waals surface area contributed by atoms with Crippen LogP contribution in [0.25, 0.3) is 0 Å². The van der Waals surface area contributed by atoms with Gasteiger partial charge in [0, 0.05) is 11.1 Å². The number of rotatable bonds is 1. The molecule has 0 amide bonds. The summed E-state index contributed by atoms with van der Waals surface area (Å²) in [6.07, 6.45) is 0.790. The number of cyclic esters (lactones) is 1. The summed E-state index contributed by atoms with van der Waals surface area (Å²) in [5, 5.41) is 0. The molecule has 0 radical (unpaired) electrons. The molecule has 1 aromatic rings. The Morgan fingerprint density at radius 3 is 2.92 bits per heavy atom. The quantitative estimate of drug-likeness (QED) is 0.480. The van der Waals surface area contributed by atoms with Gasteiger partial charge < -0.3 is 4.74 Å². The first-order valence-corrected chi connectivity index (χ1v) is 3.99. The van der Waals surface area contributed by atoms with Gasteiger partial charge in [0.2, 0.25) is 0 Å². The smallest absolute Gasteiger partial charge is 0.338 e. The van der Waals surface area contributed by atoms with Gasteiger partial charge in [0.1, 0.15) is 12.9 Å². The maximum absolute atomic E-state index is 11.1. The molecule has 3 nitrogen and oxygen atoms in total. The third-order valence-corrected chi connectivity index (χ3v) is 2.33. The SMILES string of the molecule is Cc1c(C=O)ccc2c1COC2=O. The van der Waals surface area contributed by atoms with Crippen molar-refractivity contribution < 1.29 is 14.3 Å². The van der Waals surface area contributed by atoms with Gasteiger partial charge in [0.15, 0.2) is 0 Å². The molecule has 0 unspecified atom stereocenters. The summed E-state index contributed by atoms with van der Waals surface area (Å²) in [5.74, 6) is -0.296. The van der Waals surface area contributed by atoms with Crippen molar-refractivity contribution in [2.45, 2.75) is 13.5 Å². The molecule has 0 atom stereocenters. The Labute approximate surface area is 75.3 Å². The molecule has 0 aliphatic carbocycles. The van der Waals surface area contributed by atoms with Crippen LogP contribution < -0.4 is 0 Å². The zero-order valence-electron chi connectivity index (χ0n) is 7.16. The number of ether oxygens (including phenoxy) is 1. The first kappa shape index (κ1) is 7.98. The molecule has 1 aliphatic rings. The van der Waals surface area contributed by atoms with Crippen molar-refractivity contribution in [1.82, 2.24) is 0 Å². The Morgan fingerprint density at radius 1 is 1.46 bits per heavy atom. The maximum Gasteiger partial charge on any atom is 0.338 e. The highest BCUT2D eigenvalue weighted by atomic mass is 16.5. The van der Waals surface area contributed by atoms with Crippen LogP contribution in [0.5, 0.6) is 0 Å². The Morgan fingerprint density at radius 2 is 2.23 bits per heavy atom. The molecular weight excluding hydrogens is 168 g/mol. The third-order valence-electron chi connectivity index (χ3n) is 2.33. The van der Waals surface area contributed by atoms with E-state index in [1.165, 1.54) is 0 Å². The molecule has 13 heavy (non-hydrogen) atoms. The number of aldehydes is 1. The van der Waals surface area contributed by atoms with Crippen LogP contribution in [0.15, 0.2) is 12.1 Å². The average molecular weight is 176 g/mol. The number of carbonyl (C=O) groups is 2. The highest BCUT2D eigenvalue weighted by Crippen LogP contribution is 2.24. The van der Waals surface area contributed by atoms with E-state index in [4.69, 9.17) is 4.74 Å². The Bertz CT molecular complexity index is 393. The summed E-state index contributed by atoms with van der Waals surface area (Å²) in [5.41, 5.74) is 2.90. The summed E-state index contributed by atoms with van der Waals surface area (Å²) in [7, 11) is 0. The average Bonchev–Trinajstić information content (AvgIpc) is 2.50. The fourth-order valence-corrected chi connectivity index (χ4v) is 1.50. The van der Waals surface area contributed by atoms with Gasteiger partial charge >= 0.3 is 5.97 Å². The number of fused-ring (bicyclic) bond motifs is 1. The molecule has 0 N–H and O–H groups in total. The predicted molar refractivity (Wildman–Crippen MR) is 45.7 cm³/mol. The van der Waals surface area contributed by atoms with Crippen LogP contribution in [0.3, 0.4) is 0 Å². The minimum absolute atomic E-state index is 0.293. The lowest BCUT2D eigenvalue weighted by Crippen LogP contribution is -1.96. The van der Waals surface area contributed by atoms with Gasteiger partial charge in [-0.1, -0.05) is 6.07 Å². The second-order valence-electron chi connectivity index (χ2n) is 3.00. The molecule has 3 heteroatoms. The van der Waals surface area contributed by atoms with Crippen molar-refractivity contribution >= 4 is 12.3 Å². The van der Waals surface area contributed by atoms with Crippen molar-refractivity contribution in [2.24, 2.45) is 0 Å². The van der Waals surface area contributed by atoms with Crippen LogP contribution in [0.1, 0.15) is 31.8 Å². The summed E-state index contributed by atoms with van der Waals surface area (Å²) in [6, 6.07) is 3.29. The van der Waals surface area contributed by atoms with E-state index in [1.54, 1.807) is 12.1 Å². The third kappa shape index (κ3) is 1.04. The second-order valence-corrected chi connectivity index (χ2v) is 3.00. The van der Waals surface area contributed by atoms with Gasteiger partial charge in [-0.15, -0.1) is 0 Å². The standard InChI is InChI=1S/C10H8O3/c1-6-7(4-11)2-3-8-9(6)5-13-10(8)12/h2-4H,5H2,1H3. The van der Waals surface area contributed by atoms with Crippen LogP contribution in [0.4, 0.5) is 0 Å². The van der Waals surface area contributed by atoms with E-state index in [1.807, 2.05) is 6.92 Å². The van der Waals surface area contributed by atoms with Gasteiger partial charge in [-0.25, -0.2) is 4.79 Å². The normalized spacial score (nSPS) is 13.8. The zero-order valence-corrected chi connectivity index (χ0v) is 7.16. The minimum atomic E-state index is -0.296. The molecule has 0 saturated heterocycles. The molecule has 1 heterocycles. The fraction of sp³-hybridized carbons (Fsp3) is 0.200. The largest absolute Gasteiger partial charge is 0.457 e. The lowest BCUT2D eigenvalue weighted by atomic mass is 9.99. The monoisotopic (exact) mass is 176 g/mol. The highest BCUT2D eigenvalue weighted by molar-refractivity contribution is 5.95. The van der Waals surface area contributed by atoms with E-state index in [0.717, 1.165) is 17.4 Å². The molecule has 1 aromatic carbocycles. The van der Waals surface area contributed by atoms with E-state index in [2.05, 4.69) is 0 Å². The maximum atomic E-state index is 11.1. The molecule has 1 aliphatic heterocycles. The first-order valence-electron chi connectivity index (χ1n) is 3.99. The van der Waals surface area contributed by atoms with Crippen LogP contribution >= 0.6 is 0 Å². The molecule has 0 saturated carbocycles. The topological polar surface area (TPSA) is 43.4 Å². The van der Waals surface area contributed by atoms with Crippen molar-refractivity contribution in [1.29, 1.82) is 0 Å². The second kappa shape index (κ2) is 2.69. The summed E-state index contributed by atoms with van der Waals surface area (Å²) >= 11 is 0. The molecule has 0 fully saturated rings. The van der Waals surface area contributed by atoms with Crippen molar-refractivity contribution in [3.63, 3.8) is 0 Å². The highest BCUT2D eigenvalue weighted by Gasteiger charge is 2.23. The Kier molecular flexibility index (Phi) is 1.65. The number of hydrogen-bond acceptors (Lipinski definition) is 3. The Hall–Kier alpha value is -1.64. The number of hydrogen-bond donors (Lipinski definition) is 0. The summed E-state index contributed by atoms with van der Waals surface area (Å²) < 4.78 is 4.85. The van der Waals surface area contributed by atoms with Gasteiger partial charge in [-0.2, -0.15) is 0 Å². The summed E-state index contributed by atoms with van der Waals surface area (Å²) in [4.78, 5) is 21.7. The lowest BCUT2D eigenvalue weighted by molar-refractivity contribution is 0.0535. The molecular formula is C10H8O3. The number of esters is 1. The minimum Gasteiger partial charge on any atom is -0.457 e. The molecule has 66 valence electrons. The van der Waals surface area contributed by atoms with Crippen LogP contribution in [0.2, 0.25) is 0 Å². The van der Waals surface area contributed by atoms with E-state index in [0.29, 0.717) is 17.7 Å². The van der Waals surface area contributed by atoms with Crippen LogP contribution in [-0.4, -0.2) is 12.3 Å². The lowest BCUT2D eigenvalue weighted by Gasteiger charge is -2.01. The van der Waals surface area contributed by atoms with Crippen LogP contribution in [-0.2, 0) is 11.3 Å². The van der Waals surface area contributed by atoms with Gasteiger partial charge in [0.25, 0.3) is 0 Å². The molecule has 0 spiro atoms.